The summed E-state index contributed by atoms with van der Waals surface area (Å²) in [6.07, 6.45) is 3.65. The largest absolute Gasteiger partial charge is 0.320 e. The molecule has 1 aromatic carbocycles. The van der Waals surface area contributed by atoms with Gasteiger partial charge in [0.15, 0.2) is 0 Å². The third-order valence-corrected chi connectivity index (χ3v) is 4.45. The molecule has 3 rings (SSSR count). The minimum absolute atomic E-state index is 0.102. The van der Waals surface area contributed by atoms with Crippen LogP contribution < -0.4 is 5.32 Å². The number of para-hydroxylation sites is 1. The number of rotatable bonds is 5. The first-order chi connectivity index (χ1) is 12.0. The van der Waals surface area contributed by atoms with Crippen LogP contribution in [0.2, 0.25) is 0 Å². The van der Waals surface area contributed by atoms with E-state index in [2.05, 4.69) is 32.2 Å². The molecule has 0 atom stereocenters. The third kappa shape index (κ3) is 3.29. The summed E-state index contributed by atoms with van der Waals surface area (Å²) in [4.78, 5) is 17.8. The second-order valence-electron chi connectivity index (χ2n) is 6.74. The number of benzene rings is 1. The first kappa shape index (κ1) is 17.2. The van der Waals surface area contributed by atoms with Crippen molar-refractivity contribution in [3.8, 4) is 0 Å². The summed E-state index contributed by atoms with van der Waals surface area (Å²) in [5.41, 5.74) is 5.43. The van der Waals surface area contributed by atoms with Crippen LogP contribution in [0, 0.1) is 6.92 Å². The van der Waals surface area contributed by atoms with E-state index in [-0.39, 0.29) is 5.91 Å². The van der Waals surface area contributed by atoms with Crippen molar-refractivity contribution in [1.29, 1.82) is 0 Å². The molecule has 1 amide bonds. The normalized spacial score (nSPS) is 11.2. The summed E-state index contributed by atoms with van der Waals surface area (Å²) in [7, 11) is 0. The third-order valence-electron chi connectivity index (χ3n) is 4.45. The molecule has 0 saturated heterocycles. The van der Waals surface area contributed by atoms with E-state index in [1.54, 1.807) is 0 Å². The van der Waals surface area contributed by atoms with Gasteiger partial charge in [-0.25, -0.2) is 4.98 Å². The van der Waals surface area contributed by atoms with Crippen molar-refractivity contribution in [2.24, 2.45) is 0 Å². The first-order valence-corrected chi connectivity index (χ1v) is 8.89. The number of imidazole rings is 1. The van der Waals surface area contributed by atoms with Crippen molar-refractivity contribution < 1.29 is 4.79 Å². The van der Waals surface area contributed by atoms with Gasteiger partial charge in [0.05, 0.1) is 5.69 Å². The fourth-order valence-corrected chi connectivity index (χ4v) is 3.20. The molecule has 0 unspecified atom stereocenters. The van der Waals surface area contributed by atoms with Crippen LogP contribution in [0.25, 0.3) is 5.65 Å². The molecule has 0 aliphatic heterocycles. The average Bonchev–Trinajstić information content (AvgIpc) is 2.95. The molecule has 4 heteroatoms. The molecule has 0 spiro atoms. The van der Waals surface area contributed by atoms with E-state index in [0.717, 1.165) is 41.0 Å². The zero-order valence-corrected chi connectivity index (χ0v) is 15.3. The molecule has 4 nitrogen and oxygen atoms in total. The number of pyridine rings is 1. The number of nitrogens with zero attached hydrogens (tertiary/aromatic N) is 2. The molecular weight excluding hydrogens is 310 g/mol. The number of anilines is 1. The second-order valence-corrected chi connectivity index (χ2v) is 6.74. The molecular formula is C21H25N3O. The van der Waals surface area contributed by atoms with Crippen LogP contribution in [0.15, 0.2) is 42.6 Å². The van der Waals surface area contributed by atoms with Crippen molar-refractivity contribution in [1.82, 2.24) is 9.38 Å². The van der Waals surface area contributed by atoms with Crippen LogP contribution in [0.1, 0.15) is 60.4 Å². The van der Waals surface area contributed by atoms with Gasteiger partial charge >= 0.3 is 0 Å². The molecule has 0 aliphatic rings. The predicted octanol–water partition coefficient (Wildman–Crippen LogP) is 4.97. The standard InChI is InChI=1S/C21H25N3O/c1-5-9-18-19(24-13-8-10-15(4)20(24)22-18)21(25)23-17-12-7-6-11-16(17)14(2)3/h6-8,10-14H,5,9H2,1-4H3,(H,23,25). The highest BCUT2D eigenvalue weighted by Gasteiger charge is 2.20. The Morgan fingerprint density at radius 1 is 1.20 bits per heavy atom. The van der Waals surface area contributed by atoms with E-state index in [0.29, 0.717) is 11.6 Å². The van der Waals surface area contributed by atoms with Crippen LogP contribution >= 0.6 is 0 Å². The van der Waals surface area contributed by atoms with Crippen LogP contribution in [0.5, 0.6) is 0 Å². The van der Waals surface area contributed by atoms with E-state index in [1.807, 2.05) is 47.9 Å². The average molecular weight is 335 g/mol. The van der Waals surface area contributed by atoms with Crippen molar-refractivity contribution in [2.75, 3.05) is 5.32 Å². The summed E-state index contributed by atoms with van der Waals surface area (Å²) in [6.45, 7) is 8.39. The Labute approximate surface area is 148 Å². The highest BCUT2D eigenvalue weighted by molar-refractivity contribution is 6.05. The van der Waals surface area contributed by atoms with Gasteiger partial charge in [-0.3, -0.25) is 9.20 Å². The summed E-state index contributed by atoms with van der Waals surface area (Å²) in [5.74, 6) is 0.241. The maximum atomic E-state index is 13.1. The van der Waals surface area contributed by atoms with Crippen LogP contribution in [0.4, 0.5) is 5.69 Å². The minimum Gasteiger partial charge on any atom is -0.320 e. The predicted molar refractivity (Wildman–Crippen MR) is 102 cm³/mol. The molecule has 0 saturated carbocycles. The SMILES string of the molecule is CCCc1nc2c(C)cccn2c1C(=O)Nc1ccccc1C(C)C. The van der Waals surface area contributed by atoms with Crippen molar-refractivity contribution in [3.63, 3.8) is 0 Å². The Hall–Kier alpha value is -2.62. The lowest BCUT2D eigenvalue weighted by Crippen LogP contribution is -2.17. The molecule has 0 aliphatic carbocycles. The van der Waals surface area contributed by atoms with Gasteiger partial charge in [-0.05, 0) is 42.5 Å². The van der Waals surface area contributed by atoms with Gasteiger partial charge in [0.2, 0.25) is 0 Å². The van der Waals surface area contributed by atoms with Crippen molar-refractivity contribution >= 4 is 17.2 Å². The molecule has 0 bridgehead atoms. The highest BCUT2D eigenvalue weighted by Crippen LogP contribution is 2.25. The number of carbonyl (C=O) groups excluding carboxylic acids is 1. The van der Waals surface area contributed by atoms with Gasteiger partial charge in [0.25, 0.3) is 5.91 Å². The Balaban J connectivity index is 2.05. The molecule has 25 heavy (non-hydrogen) atoms. The van der Waals surface area contributed by atoms with Crippen molar-refractivity contribution in [3.05, 3.63) is 65.1 Å². The van der Waals surface area contributed by atoms with E-state index in [4.69, 9.17) is 4.98 Å². The van der Waals surface area contributed by atoms with Crippen molar-refractivity contribution in [2.45, 2.75) is 46.5 Å². The Morgan fingerprint density at radius 3 is 2.68 bits per heavy atom. The smallest absolute Gasteiger partial charge is 0.274 e. The van der Waals surface area contributed by atoms with Gasteiger partial charge in [0.1, 0.15) is 11.3 Å². The Kier molecular flexibility index (Phi) is 4.88. The number of amides is 1. The number of fused-ring (bicyclic) bond motifs is 1. The number of carbonyl (C=O) groups is 1. The maximum absolute atomic E-state index is 13.1. The fraction of sp³-hybridized carbons (Fsp3) is 0.333. The zero-order chi connectivity index (χ0) is 18.0. The Morgan fingerprint density at radius 2 is 1.96 bits per heavy atom. The van der Waals surface area contributed by atoms with Gasteiger partial charge < -0.3 is 5.32 Å². The molecule has 2 heterocycles. The van der Waals surface area contributed by atoms with Gasteiger partial charge in [-0.1, -0.05) is 51.5 Å². The van der Waals surface area contributed by atoms with Gasteiger partial charge in [-0.15, -0.1) is 0 Å². The highest BCUT2D eigenvalue weighted by atomic mass is 16.2. The molecule has 0 fully saturated rings. The first-order valence-electron chi connectivity index (χ1n) is 8.89. The minimum atomic E-state index is -0.102. The number of aryl methyl sites for hydroxylation is 2. The van der Waals surface area contributed by atoms with Gasteiger partial charge in [0, 0.05) is 11.9 Å². The summed E-state index contributed by atoms with van der Waals surface area (Å²) < 4.78 is 1.91. The van der Waals surface area contributed by atoms with E-state index >= 15 is 0 Å². The van der Waals surface area contributed by atoms with E-state index < -0.39 is 0 Å². The molecule has 3 aromatic rings. The lowest BCUT2D eigenvalue weighted by Gasteiger charge is -2.14. The Bertz CT molecular complexity index is 909. The van der Waals surface area contributed by atoms with E-state index in [1.165, 1.54) is 0 Å². The second kappa shape index (κ2) is 7.09. The topological polar surface area (TPSA) is 46.4 Å². The molecule has 130 valence electrons. The lowest BCUT2D eigenvalue weighted by atomic mass is 10.0. The summed E-state index contributed by atoms with van der Waals surface area (Å²) in [6, 6.07) is 12.0. The zero-order valence-electron chi connectivity index (χ0n) is 15.3. The molecule has 1 N–H and O–H groups in total. The number of hydrogen-bond donors (Lipinski definition) is 1. The van der Waals surface area contributed by atoms with Gasteiger partial charge in [-0.2, -0.15) is 0 Å². The number of nitrogens with one attached hydrogen (secondary N) is 1. The molecule has 0 radical (unpaired) electrons. The summed E-state index contributed by atoms with van der Waals surface area (Å²) >= 11 is 0. The van der Waals surface area contributed by atoms with Crippen LogP contribution in [0.3, 0.4) is 0 Å². The number of hydrogen-bond acceptors (Lipinski definition) is 2. The maximum Gasteiger partial charge on any atom is 0.274 e. The molecule has 2 aromatic heterocycles. The van der Waals surface area contributed by atoms with E-state index in [9.17, 15) is 4.79 Å². The van der Waals surface area contributed by atoms with Crippen LogP contribution in [-0.4, -0.2) is 15.3 Å². The monoisotopic (exact) mass is 335 g/mol. The van der Waals surface area contributed by atoms with Crippen LogP contribution in [-0.2, 0) is 6.42 Å². The number of aromatic nitrogens is 2. The fourth-order valence-electron chi connectivity index (χ4n) is 3.20. The lowest BCUT2D eigenvalue weighted by molar-refractivity contribution is 0.102. The quantitative estimate of drug-likeness (QED) is 0.715. The summed E-state index contributed by atoms with van der Waals surface area (Å²) in [5, 5.41) is 3.10.